The number of amides is 3. The van der Waals surface area contributed by atoms with E-state index in [4.69, 9.17) is 9.47 Å². The summed E-state index contributed by atoms with van der Waals surface area (Å²) in [4.78, 5) is 37.7. The monoisotopic (exact) mass is 377 g/mol. The second kappa shape index (κ2) is 11.3. The number of carbonyl (C=O) groups excluding carboxylic acids is 3. The van der Waals surface area contributed by atoms with Crippen molar-refractivity contribution in [3.05, 3.63) is 35.9 Å². The predicted octanol–water partition coefficient (Wildman–Crippen LogP) is 0.187. The van der Waals surface area contributed by atoms with E-state index in [0.717, 1.165) is 0 Å². The Hall–Kier alpha value is -2.45. The molecule has 0 aromatic heterocycles. The lowest BCUT2D eigenvalue weighted by Gasteiger charge is -2.32. The van der Waals surface area contributed by atoms with Gasteiger partial charge in [0.15, 0.2) is 0 Å². The summed E-state index contributed by atoms with van der Waals surface area (Å²) in [6, 6.07) is 8.76. The predicted molar refractivity (Wildman–Crippen MR) is 99.2 cm³/mol. The minimum Gasteiger partial charge on any atom is -0.382 e. The molecule has 1 fully saturated rings. The van der Waals surface area contributed by atoms with Crippen molar-refractivity contribution in [2.24, 2.45) is 0 Å². The zero-order chi connectivity index (χ0) is 19.5. The Morgan fingerprint density at radius 1 is 1.11 bits per heavy atom. The van der Waals surface area contributed by atoms with Gasteiger partial charge in [-0.05, 0) is 25.0 Å². The van der Waals surface area contributed by atoms with E-state index in [-0.39, 0.29) is 36.9 Å². The number of methoxy groups -OCH3 is 1. The highest BCUT2D eigenvalue weighted by Crippen LogP contribution is 2.10. The van der Waals surface area contributed by atoms with Gasteiger partial charge >= 0.3 is 0 Å². The van der Waals surface area contributed by atoms with E-state index in [1.807, 2.05) is 6.07 Å². The van der Waals surface area contributed by atoms with Crippen molar-refractivity contribution in [2.45, 2.75) is 18.9 Å². The number of rotatable bonds is 9. The van der Waals surface area contributed by atoms with Crippen molar-refractivity contribution >= 4 is 17.7 Å². The molecule has 0 atom stereocenters. The lowest BCUT2D eigenvalue weighted by Crippen LogP contribution is -2.49. The van der Waals surface area contributed by atoms with E-state index in [2.05, 4.69) is 10.6 Å². The zero-order valence-electron chi connectivity index (χ0n) is 15.6. The first kappa shape index (κ1) is 20.9. The van der Waals surface area contributed by atoms with Crippen LogP contribution in [-0.4, -0.2) is 75.2 Å². The smallest absolute Gasteiger partial charge is 0.251 e. The number of hydrogen-bond acceptors (Lipinski definition) is 5. The van der Waals surface area contributed by atoms with Crippen molar-refractivity contribution < 1.29 is 23.9 Å². The lowest BCUT2D eigenvalue weighted by atomic mass is 10.0. The van der Waals surface area contributed by atoms with Crippen LogP contribution in [0.25, 0.3) is 0 Å². The van der Waals surface area contributed by atoms with Gasteiger partial charge < -0.3 is 25.0 Å². The van der Waals surface area contributed by atoms with E-state index in [1.165, 1.54) is 0 Å². The number of hydrogen-bond donors (Lipinski definition) is 2. The van der Waals surface area contributed by atoms with Crippen LogP contribution in [0, 0.1) is 0 Å². The molecular weight excluding hydrogens is 350 g/mol. The summed E-state index contributed by atoms with van der Waals surface area (Å²) in [6.07, 6.45) is 1.37. The van der Waals surface area contributed by atoms with Crippen molar-refractivity contribution in [1.29, 1.82) is 0 Å². The van der Waals surface area contributed by atoms with E-state index >= 15 is 0 Å². The molecule has 1 aliphatic heterocycles. The molecule has 0 saturated carbocycles. The van der Waals surface area contributed by atoms with Gasteiger partial charge in [-0.2, -0.15) is 0 Å². The summed E-state index contributed by atoms with van der Waals surface area (Å²) in [7, 11) is 1.58. The number of likely N-dealkylation sites (tertiary alicyclic amines) is 1. The molecule has 1 heterocycles. The van der Waals surface area contributed by atoms with Gasteiger partial charge in [0.05, 0.1) is 19.8 Å². The van der Waals surface area contributed by atoms with Crippen molar-refractivity contribution in [3.8, 4) is 0 Å². The number of carbonyl (C=O) groups is 3. The lowest BCUT2D eigenvalue weighted by molar-refractivity contribution is -0.137. The molecule has 0 spiro atoms. The zero-order valence-corrected chi connectivity index (χ0v) is 15.6. The first-order valence-corrected chi connectivity index (χ1v) is 9.07. The normalized spacial score (nSPS) is 14.6. The molecule has 27 heavy (non-hydrogen) atoms. The van der Waals surface area contributed by atoms with Crippen LogP contribution in [0.2, 0.25) is 0 Å². The largest absolute Gasteiger partial charge is 0.382 e. The average molecular weight is 377 g/mol. The molecule has 0 bridgehead atoms. The van der Waals surface area contributed by atoms with Crippen molar-refractivity contribution in [3.63, 3.8) is 0 Å². The SMILES string of the molecule is COCCOCC(=O)N1CCC(NC(=O)CNC(=O)c2ccccc2)CC1. The maximum atomic E-state index is 12.0. The number of nitrogens with zero attached hydrogens (tertiary/aromatic N) is 1. The van der Waals surface area contributed by atoms with Crippen LogP contribution in [0.3, 0.4) is 0 Å². The number of nitrogens with one attached hydrogen (secondary N) is 2. The van der Waals surface area contributed by atoms with Gasteiger partial charge in [-0.1, -0.05) is 18.2 Å². The van der Waals surface area contributed by atoms with Crippen molar-refractivity contribution in [1.82, 2.24) is 15.5 Å². The molecule has 8 heteroatoms. The Bertz CT molecular complexity index is 615. The molecule has 3 amide bonds. The Labute approximate surface area is 159 Å². The summed E-state index contributed by atoms with van der Waals surface area (Å²) in [5.41, 5.74) is 0.518. The van der Waals surface area contributed by atoms with Gasteiger partial charge in [-0.3, -0.25) is 14.4 Å². The Balaban J connectivity index is 1.62. The third-order valence-electron chi connectivity index (χ3n) is 4.32. The quantitative estimate of drug-likeness (QED) is 0.599. The second-order valence-electron chi connectivity index (χ2n) is 6.32. The summed E-state index contributed by atoms with van der Waals surface area (Å²) < 4.78 is 10.1. The maximum Gasteiger partial charge on any atom is 0.251 e. The summed E-state index contributed by atoms with van der Waals surface area (Å²) >= 11 is 0. The molecule has 148 valence electrons. The molecule has 2 N–H and O–H groups in total. The molecule has 1 aromatic rings. The molecule has 0 radical (unpaired) electrons. The number of benzene rings is 1. The van der Waals surface area contributed by atoms with Gasteiger partial charge in [0.1, 0.15) is 6.61 Å². The Morgan fingerprint density at radius 2 is 1.81 bits per heavy atom. The molecule has 1 saturated heterocycles. The number of ether oxygens (including phenoxy) is 2. The Morgan fingerprint density at radius 3 is 2.48 bits per heavy atom. The number of piperidine rings is 1. The van der Waals surface area contributed by atoms with E-state index in [0.29, 0.717) is 44.7 Å². The van der Waals surface area contributed by atoms with E-state index in [1.54, 1.807) is 36.3 Å². The van der Waals surface area contributed by atoms with Gasteiger partial charge in [0.2, 0.25) is 11.8 Å². The highest BCUT2D eigenvalue weighted by atomic mass is 16.5. The maximum absolute atomic E-state index is 12.0. The molecular formula is C19H27N3O5. The standard InChI is InChI=1S/C19H27N3O5/c1-26-11-12-27-14-18(24)22-9-7-16(8-10-22)21-17(23)13-20-19(25)15-5-3-2-4-6-15/h2-6,16H,7-14H2,1H3,(H,20,25)(H,21,23). The third kappa shape index (κ3) is 7.36. The first-order valence-electron chi connectivity index (χ1n) is 9.07. The van der Waals surface area contributed by atoms with Crippen LogP contribution < -0.4 is 10.6 Å². The van der Waals surface area contributed by atoms with Crippen molar-refractivity contribution in [2.75, 3.05) is 46.6 Å². The fraction of sp³-hybridized carbons (Fsp3) is 0.526. The van der Waals surface area contributed by atoms with Crippen LogP contribution >= 0.6 is 0 Å². The van der Waals surface area contributed by atoms with Crippen LogP contribution in [-0.2, 0) is 19.1 Å². The van der Waals surface area contributed by atoms with Crippen LogP contribution in [0.5, 0.6) is 0 Å². The van der Waals surface area contributed by atoms with Gasteiger partial charge in [-0.15, -0.1) is 0 Å². The van der Waals surface area contributed by atoms with Crippen LogP contribution in [0.4, 0.5) is 0 Å². The summed E-state index contributed by atoms with van der Waals surface area (Å²) in [5.74, 6) is -0.558. The van der Waals surface area contributed by atoms with Gasteiger partial charge in [-0.25, -0.2) is 0 Å². The molecule has 8 nitrogen and oxygen atoms in total. The van der Waals surface area contributed by atoms with Crippen LogP contribution in [0.1, 0.15) is 23.2 Å². The molecule has 0 aliphatic carbocycles. The van der Waals surface area contributed by atoms with E-state index < -0.39 is 0 Å². The molecule has 2 rings (SSSR count). The van der Waals surface area contributed by atoms with Crippen LogP contribution in [0.15, 0.2) is 30.3 Å². The highest BCUT2D eigenvalue weighted by Gasteiger charge is 2.23. The molecule has 1 aromatic carbocycles. The average Bonchev–Trinajstić information content (AvgIpc) is 2.70. The highest BCUT2D eigenvalue weighted by molar-refractivity contribution is 5.96. The minimum atomic E-state index is -0.278. The van der Waals surface area contributed by atoms with Gasteiger partial charge in [0.25, 0.3) is 5.91 Å². The second-order valence-corrected chi connectivity index (χ2v) is 6.32. The van der Waals surface area contributed by atoms with E-state index in [9.17, 15) is 14.4 Å². The topological polar surface area (TPSA) is 97.0 Å². The molecule has 0 unspecified atom stereocenters. The fourth-order valence-corrected chi connectivity index (χ4v) is 2.80. The fourth-order valence-electron chi connectivity index (χ4n) is 2.80. The molecule has 1 aliphatic rings. The minimum absolute atomic E-state index is 0.00425. The van der Waals surface area contributed by atoms with Gasteiger partial charge in [0, 0.05) is 31.8 Å². The summed E-state index contributed by atoms with van der Waals surface area (Å²) in [5, 5.41) is 5.51. The summed E-state index contributed by atoms with van der Waals surface area (Å²) in [6.45, 7) is 1.99. The Kier molecular flexibility index (Phi) is 8.73. The third-order valence-corrected chi connectivity index (χ3v) is 4.32. The first-order chi connectivity index (χ1) is 13.1.